The first kappa shape index (κ1) is 31.3. The second-order valence-corrected chi connectivity index (χ2v) is 10.2. The van der Waals surface area contributed by atoms with Gasteiger partial charge in [-0.3, -0.25) is 29.3 Å². The van der Waals surface area contributed by atoms with Crippen LogP contribution in [0.5, 0.6) is 0 Å². The number of carbonyl (C=O) groups is 4. The summed E-state index contributed by atoms with van der Waals surface area (Å²) in [5, 5.41) is 24.3. The second kappa shape index (κ2) is 14.1. The maximum atomic E-state index is 13.5. The molecule has 4 amide bonds. The summed E-state index contributed by atoms with van der Waals surface area (Å²) < 4.78 is 0. The van der Waals surface area contributed by atoms with E-state index in [1.165, 1.54) is 60.7 Å². The Morgan fingerprint density at radius 1 is 0.935 bits per heavy atom. The van der Waals surface area contributed by atoms with Crippen molar-refractivity contribution in [2.24, 2.45) is 15.3 Å². The molecule has 0 spiro atoms. The summed E-state index contributed by atoms with van der Waals surface area (Å²) in [6, 6.07) is 27.2. The molecule has 0 aromatic heterocycles. The van der Waals surface area contributed by atoms with Crippen molar-refractivity contribution in [3.05, 3.63) is 142 Å². The van der Waals surface area contributed by atoms with Gasteiger partial charge in [-0.2, -0.15) is 20.3 Å². The molecule has 0 saturated carbocycles. The van der Waals surface area contributed by atoms with E-state index in [9.17, 15) is 29.3 Å². The van der Waals surface area contributed by atoms with Crippen molar-refractivity contribution in [1.82, 2.24) is 5.01 Å². The van der Waals surface area contributed by atoms with Gasteiger partial charge in [-0.15, -0.1) is 0 Å². The molecule has 1 aliphatic rings. The van der Waals surface area contributed by atoms with Gasteiger partial charge in [0.25, 0.3) is 23.4 Å². The Morgan fingerprint density at radius 3 is 2.28 bits per heavy atom. The molecular formula is C33H23ClN6O6. The monoisotopic (exact) mass is 634 g/mol. The zero-order valence-corrected chi connectivity index (χ0v) is 24.6. The van der Waals surface area contributed by atoms with Crippen LogP contribution in [0.4, 0.5) is 17.1 Å². The fraction of sp³-hybridized carbons (Fsp3) is 0.0606. The molecule has 46 heavy (non-hydrogen) atoms. The molecule has 0 radical (unpaired) electrons. The summed E-state index contributed by atoms with van der Waals surface area (Å²) in [6.45, 7) is 0. The van der Waals surface area contributed by atoms with Crippen molar-refractivity contribution in [3.63, 3.8) is 0 Å². The van der Waals surface area contributed by atoms with E-state index in [1.54, 1.807) is 54.6 Å². The minimum atomic E-state index is -1.39. The Morgan fingerprint density at radius 2 is 1.61 bits per heavy atom. The third-order valence-corrected chi connectivity index (χ3v) is 6.87. The maximum Gasteiger partial charge on any atom is 0.282 e. The molecule has 0 fully saturated rings. The van der Waals surface area contributed by atoms with Crippen molar-refractivity contribution in [2.75, 3.05) is 4.90 Å². The van der Waals surface area contributed by atoms with E-state index in [-0.39, 0.29) is 22.8 Å². The van der Waals surface area contributed by atoms with Crippen LogP contribution in [0.3, 0.4) is 0 Å². The molecule has 1 heterocycles. The number of anilines is 1. The second-order valence-electron chi connectivity index (χ2n) is 9.75. The first-order valence-electron chi connectivity index (χ1n) is 13.7. The zero-order valence-electron chi connectivity index (χ0n) is 23.8. The van der Waals surface area contributed by atoms with Crippen molar-refractivity contribution in [2.45, 2.75) is 12.5 Å². The molecule has 13 heteroatoms. The Bertz CT molecular complexity index is 1890. The van der Waals surface area contributed by atoms with Gasteiger partial charge in [0.05, 0.1) is 16.3 Å². The predicted octanol–water partition coefficient (Wildman–Crippen LogP) is 6.14. The Balaban J connectivity index is 1.41. The van der Waals surface area contributed by atoms with Gasteiger partial charge in [0.1, 0.15) is 12.1 Å². The summed E-state index contributed by atoms with van der Waals surface area (Å²) in [5.74, 6) is -3.54. The smallest absolute Gasteiger partial charge is 0.273 e. The Labute approximate surface area is 267 Å². The first-order chi connectivity index (χ1) is 22.2. The standard InChI is InChI=1S/C33H23ClN6O6/c34-24-15-17-26(18-16-24)38(28(41)19-14-22-8-3-1-4-9-22)29(42)21-30(43)39-33(44)32(31(37-39)23-10-5-2-6-11-23)36-35-25-12-7-13-27(20-25)40(45)46/h1-20,32H,21H2. The summed E-state index contributed by atoms with van der Waals surface area (Å²) in [7, 11) is 0. The van der Waals surface area contributed by atoms with E-state index >= 15 is 0 Å². The van der Waals surface area contributed by atoms with Gasteiger partial charge in [0.2, 0.25) is 5.91 Å². The Hall–Kier alpha value is -6.14. The van der Waals surface area contributed by atoms with Crippen LogP contribution in [0.1, 0.15) is 17.5 Å². The van der Waals surface area contributed by atoms with E-state index in [0.717, 1.165) is 4.90 Å². The highest BCUT2D eigenvalue weighted by atomic mass is 35.5. The van der Waals surface area contributed by atoms with Crippen LogP contribution in [-0.4, -0.2) is 45.3 Å². The highest BCUT2D eigenvalue weighted by Crippen LogP contribution is 2.25. The molecule has 1 atom stereocenters. The molecule has 4 aromatic rings. The van der Waals surface area contributed by atoms with Crippen molar-refractivity contribution < 1.29 is 24.1 Å². The number of hydrogen-bond donors (Lipinski definition) is 0. The highest BCUT2D eigenvalue weighted by molar-refractivity contribution is 6.31. The number of hydrazone groups is 1. The molecule has 228 valence electrons. The van der Waals surface area contributed by atoms with E-state index in [0.29, 0.717) is 21.2 Å². The van der Waals surface area contributed by atoms with Crippen LogP contribution in [0.2, 0.25) is 5.02 Å². The number of non-ortho nitro benzene ring substituents is 1. The topological polar surface area (TPSA) is 155 Å². The average Bonchev–Trinajstić information content (AvgIpc) is 3.40. The average molecular weight is 635 g/mol. The zero-order chi connectivity index (χ0) is 32.6. The summed E-state index contributed by atoms with van der Waals surface area (Å²) in [6.07, 6.45) is 1.83. The van der Waals surface area contributed by atoms with Gasteiger partial charge < -0.3 is 0 Å². The number of halogens is 1. The van der Waals surface area contributed by atoms with E-state index in [2.05, 4.69) is 15.3 Å². The lowest BCUT2D eigenvalue weighted by Gasteiger charge is -2.20. The number of hydrogen-bond acceptors (Lipinski definition) is 9. The van der Waals surface area contributed by atoms with Gasteiger partial charge in [0, 0.05) is 28.8 Å². The molecule has 1 unspecified atom stereocenters. The largest absolute Gasteiger partial charge is 0.282 e. The van der Waals surface area contributed by atoms with Crippen LogP contribution in [-0.2, 0) is 19.2 Å². The lowest BCUT2D eigenvalue weighted by molar-refractivity contribution is -0.384. The molecular weight excluding hydrogens is 612 g/mol. The molecule has 4 aromatic carbocycles. The number of benzene rings is 4. The Kier molecular flexibility index (Phi) is 9.59. The molecule has 12 nitrogen and oxygen atoms in total. The summed E-state index contributed by atoms with van der Waals surface area (Å²) in [4.78, 5) is 65.1. The normalized spacial score (nSPS) is 14.5. The molecule has 0 bridgehead atoms. The lowest BCUT2D eigenvalue weighted by Crippen LogP contribution is -2.41. The third-order valence-electron chi connectivity index (χ3n) is 6.62. The van der Waals surface area contributed by atoms with Gasteiger partial charge in [-0.1, -0.05) is 78.3 Å². The van der Waals surface area contributed by atoms with Crippen LogP contribution in [0.25, 0.3) is 6.08 Å². The maximum absolute atomic E-state index is 13.5. The van der Waals surface area contributed by atoms with Gasteiger partial charge in [-0.25, -0.2) is 4.90 Å². The number of rotatable bonds is 9. The van der Waals surface area contributed by atoms with Crippen LogP contribution < -0.4 is 4.90 Å². The van der Waals surface area contributed by atoms with Crippen LogP contribution in [0.15, 0.2) is 131 Å². The fourth-order valence-corrected chi connectivity index (χ4v) is 4.54. The van der Waals surface area contributed by atoms with Crippen molar-refractivity contribution >= 4 is 64.1 Å². The number of nitro groups is 1. The van der Waals surface area contributed by atoms with E-state index in [4.69, 9.17) is 11.6 Å². The van der Waals surface area contributed by atoms with Gasteiger partial charge in [0.15, 0.2) is 6.04 Å². The van der Waals surface area contributed by atoms with E-state index < -0.39 is 41.0 Å². The van der Waals surface area contributed by atoms with Crippen molar-refractivity contribution in [3.8, 4) is 0 Å². The molecule has 0 aliphatic carbocycles. The van der Waals surface area contributed by atoms with Gasteiger partial charge in [-0.05, 0) is 42.0 Å². The van der Waals surface area contributed by atoms with Crippen LogP contribution in [0, 0.1) is 10.1 Å². The number of nitrogens with zero attached hydrogens (tertiary/aromatic N) is 6. The number of azo groups is 1. The number of carbonyl (C=O) groups excluding carboxylic acids is 4. The van der Waals surface area contributed by atoms with Gasteiger partial charge >= 0.3 is 0 Å². The molecule has 5 rings (SSSR count). The minimum Gasteiger partial charge on any atom is -0.273 e. The van der Waals surface area contributed by atoms with E-state index in [1.807, 2.05) is 6.07 Å². The molecule has 1 aliphatic heterocycles. The van der Waals surface area contributed by atoms with Crippen LogP contribution >= 0.6 is 11.6 Å². The summed E-state index contributed by atoms with van der Waals surface area (Å²) >= 11 is 6.01. The third kappa shape index (κ3) is 7.31. The highest BCUT2D eigenvalue weighted by Gasteiger charge is 2.41. The fourth-order valence-electron chi connectivity index (χ4n) is 4.42. The molecule has 0 N–H and O–H groups in total. The number of nitro benzene ring substituents is 1. The quantitative estimate of drug-likeness (QED) is 0.0708. The first-order valence-corrected chi connectivity index (χ1v) is 14.1. The lowest BCUT2D eigenvalue weighted by atomic mass is 10.0. The summed E-state index contributed by atoms with van der Waals surface area (Å²) in [5.41, 5.74) is 1.30. The number of amides is 4. The number of imide groups is 2. The predicted molar refractivity (Wildman–Crippen MR) is 170 cm³/mol. The van der Waals surface area contributed by atoms with Crippen molar-refractivity contribution in [1.29, 1.82) is 0 Å². The minimum absolute atomic E-state index is 0.0806. The SMILES string of the molecule is O=C(CC(=O)N(C(=O)C=Cc1ccccc1)c1ccc(Cl)cc1)N1N=C(c2ccccc2)C(N=Nc2cccc([N+](=O)[O-])c2)C1=O. The molecule has 0 saturated heterocycles.